The largest absolute Gasteiger partial charge is 0.363 e. The van der Waals surface area contributed by atoms with Gasteiger partial charge in [0.25, 0.3) is 5.91 Å². The third-order valence-electron chi connectivity index (χ3n) is 2.49. The van der Waals surface area contributed by atoms with E-state index in [1.54, 1.807) is 12.1 Å². The molecule has 1 aromatic heterocycles. The van der Waals surface area contributed by atoms with Crippen LogP contribution in [0, 0.1) is 0 Å². The Balaban J connectivity index is 2.16. The minimum atomic E-state index is -0.179. The lowest BCUT2D eigenvalue weighted by Gasteiger charge is -2.07. The molecular formula is C13H14N2O2. The van der Waals surface area contributed by atoms with E-state index in [1.807, 2.05) is 18.2 Å². The second kappa shape index (κ2) is 4.82. The molecule has 4 nitrogen and oxygen atoms in total. The first-order valence-electron chi connectivity index (χ1n) is 5.48. The summed E-state index contributed by atoms with van der Waals surface area (Å²) in [6, 6.07) is 9.16. The van der Waals surface area contributed by atoms with Crippen LogP contribution >= 0.6 is 0 Å². The second-order valence-corrected chi connectivity index (χ2v) is 4.12. The zero-order chi connectivity index (χ0) is 12.3. The zero-order valence-electron chi connectivity index (χ0n) is 9.81. The Bertz CT molecular complexity index is 504. The Morgan fingerprint density at radius 3 is 2.82 bits per heavy atom. The summed E-state index contributed by atoms with van der Waals surface area (Å²) in [5.74, 6) is 0.640. The van der Waals surface area contributed by atoms with Gasteiger partial charge in [0, 0.05) is 11.6 Å². The van der Waals surface area contributed by atoms with Crippen molar-refractivity contribution in [1.82, 2.24) is 5.16 Å². The fourth-order valence-corrected chi connectivity index (χ4v) is 1.50. The maximum absolute atomic E-state index is 11.9. The smallest absolute Gasteiger partial charge is 0.256 e. The van der Waals surface area contributed by atoms with Gasteiger partial charge < -0.3 is 9.84 Å². The predicted molar refractivity (Wildman–Crippen MR) is 65.0 cm³/mol. The standard InChI is InChI=1S/C13H14N2O2/c1-9(2)10-4-3-5-11(8-10)13(16)14-12-6-7-17-15-12/h3-9H,1-2H3,(H,14,15,16). The Labute approximate surface area is 99.6 Å². The number of benzene rings is 1. The van der Waals surface area contributed by atoms with E-state index in [4.69, 9.17) is 0 Å². The average molecular weight is 230 g/mol. The number of rotatable bonds is 3. The molecule has 17 heavy (non-hydrogen) atoms. The van der Waals surface area contributed by atoms with Gasteiger partial charge in [0.15, 0.2) is 5.82 Å². The van der Waals surface area contributed by atoms with Gasteiger partial charge in [-0.3, -0.25) is 4.79 Å². The minimum Gasteiger partial charge on any atom is -0.363 e. The van der Waals surface area contributed by atoms with Crippen molar-refractivity contribution in [3.05, 3.63) is 47.7 Å². The van der Waals surface area contributed by atoms with Gasteiger partial charge in [-0.1, -0.05) is 31.1 Å². The summed E-state index contributed by atoms with van der Waals surface area (Å²) in [6.07, 6.45) is 1.42. The second-order valence-electron chi connectivity index (χ2n) is 4.12. The fraction of sp³-hybridized carbons (Fsp3) is 0.231. The summed E-state index contributed by atoms with van der Waals surface area (Å²) in [7, 11) is 0. The van der Waals surface area contributed by atoms with Crippen LogP contribution in [0.25, 0.3) is 0 Å². The number of nitrogens with zero attached hydrogens (tertiary/aromatic N) is 1. The summed E-state index contributed by atoms with van der Waals surface area (Å²) >= 11 is 0. The highest BCUT2D eigenvalue weighted by molar-refractivity contribution is 6.03. The quantitative estimate of drug-likeness (QED) is 0.881. The van der Waals surface area contributed by atoms with Crippen molar-refractivity contribution < 1.29 is 9.32 Å². The van der Waals surface area contributed by atoms with Crippen LogP contribution in [0.1, 0.15) is 35.7 Å². The van der Waals surface area contributed by atoms with E-state index in [9.17, 15) is 4.79 Å². The summed E-state index contributed by atoms with van der Waals surface area (Å²) < 4.78 is 4.65. The molecule has 1 heterocycles. The number of anilines is 1. The van der Waals surface area contributed by atoms with Gasteiger partial charge in [0.2, 0.25) is 0 Å². The molecule has 0 aliphatic rings. The Morgan fingerprint density at radius 2 is 2.18 bits per heavy atom. The maximum atomic E-state index is 11.9. The van der Waals surface area contributed by atoms with Gasteiger partial charge in [-0.25, -0.2) is 0 Å². The van der Waals surface area contributed by atoms with E-state index >= 15 is 0 Å². The van der Waals surface area contributed by atoms with Crippen molar-refractivity contribution in [2.45, 2.75) is 19.8 Å². The van der Waals surface area contributed by atoms with Gasteiger partial charge in [-0.05, 0) is 23.6 Å². The molecule has 2 rings (SSSR count). The molecule has 1 amide bonds. The van der Waals surface area contributed by atoms with Crippen LogP contribution in [0.2, 0.25) is 0 Å². The van der Waals surface area contributed by atoms with Crippen LogP contribution < -0.4 is 5.32 Å². The van der Waals surface area contributed by atoms with Gasteiger partial charge in [0.1, 0.15) is 6.26 Å². The van der Waals surface area contributed by atoms with E-state index < -0.39 is 0 Å². The summed E-state index contributed by atoms with van der Waals surface area (Å²) in [6.45, 7) is 4.18. The molecule has 4 heteroatoms. The number of amides is 1. The maximum Gasteiger partial charge on any atom is 0.256 e. The molecule has 1 N–H and O–H groups in total. The number of nitrogens with one attached hydrogen (secondary N) is 1. The Hall–Kier alpha value is -2.10. The highest BCUT2D eigenvalue weighted by Gasteiger charge is 2.09. The Morgan fingerprint density at radius 1 is 1.35 bits per heavy atom. The van der Waals surface area contributed by atoms with E-state index in [0.29, 0.717) is 17.3 Å². The summed E-state index contributed by atoms with van der Waals surface area (Å²) in [4.78, 5) is 11.9. The number of carbonyl (C=O) groups excluding carboxylic acids is 1. The predicted octanol–water partition coefficient (Wildman–Crippen LogP) is 3.05. The zero-order valence-corrected chi connectivity index (χ0v) is 9.81. The molecule has 0 saturated heterocycles. The van der Waals surface area contributed by atoms with Gasteiger partial charge in [-0.15, -0.1) is 0 Å². The molecule has 0 saturated carbocycles. The van der Waals surface area contributed by atoms with E-state index in [2.05, 4.69) is 28.8 Å². The highest BCUT2D eigenvalue weighted by atomic mass is 16.5. The highest BCUT2D eigenvalue weighted by Crippen LogP contribution is 2.16. The van der Waals surface area contributed by atoms with Gasteiger partial charge >= 0.3 is 0 Å². The van der Waals surface area contributed by atoms with Gasteiger partial charge in [-0.2, -0.15) is 0 Å². The molecule has 0 bridgehead atoms. The van der Waals surface area contributed by atoms with E-state index in [-0.39, 0.29) is 5.91 Å². The van der Waals surface area contributed by atoms with Crippen molar-refractivity contribution in [1.29, 1.82) is 0 Å². The topological polar surface area (TPSA) is 55.1 Å². The third kappa shape index (κ3) is 2.72. The molecular weight excluding hydrogens is 216 g/mol. The lowest BCUT2D eigenvalue weighted by atomic mass is 10.0. The molecule has 0 atom stereocenters. The molecule has 0 spiro atoms. The van der Waals surface area contributed by atoms with Crippen LogP contribution in [0.3, 0.4) is 0 Å². The SMILES string of the molecule is CC(C)c1cccc(C(=O)Nc2ccon2)c1. The first-order chi connectivity index (χ1) is 8.16. The van der Waals surface area contributed by atoms with Crippen molar-refractivity contribution in [2.24, 2.45) is 0 Å². The summed E-state index contributed by atoms with van der Waals surface area (Å²) in [5.41, 5.74) is 1.76. The number of hydrogen-bond donors (Lipinski definition) is 1. The number of aromatic nitrogens is 1. The first-order valence-corrected chi connectivity index (χ1v) is 5.48. The van der Waals surface area contributed by atoms with E-state index in [0.717, 1.165) is 5.56 Å². The molecule has 0 fully saturated rings. The van der Waals surface area contributed by atoms with Crippen LogP contribution in [0.15, 0.2) is 41.1 Å². The molecule has 88 valence electrons. The van der Waals surface area contributed by atoms with Crippen LogP contribution in [-0.4, -0.2) is 11.1 Å². The summed E-state index contributed by atoms with van der Waals surface area (Å²) in [5, 5.41) is 6.29. The molecule has 0 aliphatic carbocycles. The monoisotopic (exact) mass is 230 g/mol. The van der Waals surface area contributed by atoms with Crippen molar-refractivity contribution in [3.63, 3.8) is 0 Å². The number of carbonyl (C=O) groups is 1. The molecule has 1 aromatic carbocycles. The lowest BCUT2D eigenvalue weighted by Crippen LogP contribution is -2.12. The molecule has 0 aliphatic heterocycles. The van der Waals surface area contributed by atoms with Crippen LogP contribution in [0.4, 0.5) is 5.82 Å². The van der Waals surface area contributed by atoms with Crippen LogP contribution in [-0.2, 0) is 0 Å². The number of hydrogen-bond acceptors (Lipinski definition) is 3. The van der Waals surface area contributed by atoms with E-state index in [1.165, 1.54) is 6.26 Å². The normalized spacial score (nSPS) is 10.5. The fourth-order valence-electron chi connectivity index (χ4n) is 1.50. The minimum absolute atomic E-state index is 0.179. The van der Waals surface area contributed by atoms with Gasteiger partial charge in [0.05, 0.1) is 0 Å². The molecule has 0 radical (unpaired) electrons. The third-order valence-corrected chi connectivity index (χ3v) is 2.49. The molecule has 2 aromatic rings. The van der Waals surface area contributed by atoms with Crippen molar-refractivity contribution in [2.75, 3.05) is 5.32 Å². The van der Waals surface area contributed by atoms with Crippen molar-refractivity contribution >= 4 is 11.7 Å². The molecule has 0 unspecified atom stereocenters. The first kappa shape index (κ1) is 11.4. The Kier molecular flexibility index (Phi) is 3.23. The van der Waals surface area contributed by atoms with Crippen LogP contribution in [0.5, 0.6) is 0 Å². The van der Waals surface area contributed by atoms with Crippen molar-refractivity contribution in [3.8, 4) is 0 Å². The lowest BCUT2D eigenvalue weighted by molar-refractivity contribution is 0.102. The average Bonchev–Trinajstić information content (AvgIpc) is 2.82.